The summed E-state index contributed by atoms with van der Waals surface area (Å²) in [6, 6.07) is 7.99. The molecule has 0 bridgehead atoms. The molecule has 1 fully saturated rings. The molecule has 190 valence electrons. The minimum Gasteiger partial charge on any atom is -0.326 e. The fraction of sp³-hybridized carbons (Fsp3) is 0.273. The van der Waals surface area contributed by atoms with Crippen LogP contribution in [-0.2, 0) is 20.8 Å². The first-order chi connectivity index (χ1) is 16.9. The lowest BCUT2D eigenvalue weighted by Gasteiger charge is -2.21. The van der Waals surface area contributed by atoms with Gasteiger partial charge in [0.2, 0.25) is 11.9 Å². The maximum atomic E-state index is 14.0. The SMILES string of the molecule is C=Nc1n[nH]c(Nc2cc(Cl)c(-c3ccc(NC(=O)C4CCS(=O)(=O)CC4)cc3)c(C(F)(F)F)c2)n1. The lowest BCUT2D eigenvalue weighted by atomic mass is 9.97. The van der Waals surface area contributed by atoms with Crippen LogP contribution in [0.2, 0.25) is 5.02 Å². The van der Waals surface area contributed by atoms with Crippen LogP contribution in [0.1, 0.15) is 18.4 Å². The first-order valence-electron chi connectivity index (χ1n) is 10.6. The van der Waals surface area contributed by atoms with Crippen molar-refractivity contribution in [3.8, 4) is 11.1 Å². The van der Waals surface area contributed by atoms with Crippen LogP contribution in [0.25, 0.3) is 11.1 Å². The number of anilines is 3. The van der Waals surface area contributed by atoms with Crippen molar-refractivity contribution in [2.24, 2.45) is 10.9 Å². The normalized spacial score (nSPS) is 15.9. The van der Waals surface area contributed by atoms with E-state index in [4.69, 9.17) is 11.6 Å². The highest BCUT2D eigenvalue weighted by Gasteiger charge is 2.35. The number of alkyl halides is 3. The van der Waals surface area contributed by atoms with Gasteiger partial charge in [-0.25, -0.2) is 18.5 Å². The average Bonchev–Trinajstić information content (AvgIpc) is 3.26. The molecule has 4 rings (SSSR count). The van der Waals surface area contributed by atoms with Gasteiger partial charge in [0.05, 0.1) is 22.1 Å². The Morgan fingerprint density at radius 2 is 1.81 bits per heavy atom. The summed E-state index contributed by atoms with van der Waals surface area (Å²) in [5.41, 5.74) is -0.604. The summed E-state index contributed by atoms with van der Waals surface area (Å²) < 4.78 is 65.0. The van der Waals surface area contributed by atoms with E-state index in [1.807, 2.05) is 0 Å². The Bertz CT molecular complexity index is 1390. The highest BCUT2D eigenvalue weighted by molar-refractivity contribution is 7.91. The maximum absolute atomic E-state index is 14.0. The molecule has 1 aliphatic rings. The Hall–Kier alpha value is -3.45. The van der Waals surface area contributed by atoms with Crippen LogP contribution < -0.4 is 10.6 Å². The number of hydrogen-bond donors (Lipinski definition) is 3. The van der Waals surface area contributed by atoms with E-state index in [2.05, 4.69) is 37.5 Å². The summed E-state index contributed by atoms with van der Waals surface area (Å²) in [5.74, 6) is -0.777. The van der Waals surface area contributed by atoms with E-state index in [9.17, 15) is 26.4 Å². The molecule has 1 saturated heterocycles. The van der Waals surface area contributed by atoms with Gasteiger partial charge >= 0.3 is 6.18 Å². The van der Waals surface area contributed by atoms with Gasteiger partial charge in [0.15, 0.2) is 0 Å². The Morgan fingerprint density at radius 3 is 2.39 bits per heavy atom. The van der Waals surface area contributed by atoms with Crippen molar-refractivity contribution in [2.45, 2.75) is 19.0 Å². The zero-order chi connectivity index (χ0) is 26.1. The molecule has 0 atom stereocenters. The van der Waals surface area contributed by atoms with Crippen LogP contribution in [0.4, 0.5) is 36.4 Å². The number of carbonyl (C=O) groups excluding carboxylic acids is 1. The summed E-state index contributed by atoms with van der Waals surface area (Å²) in [4.78, 5) is 19.9. The van der Waals surface area contributed by atoms with Gasteiger partial charge in [-0.2, -0.15) is 18.2 Å². The highest BCUT2D eigenvalue weighted by Crippen LogP contribution is 2.43. The van der Waals surface area contributed by atoms with Gasteiger partial charge in [0.25, 0.3) is 5.95 Å². The van der Waals surface area contributed by atoms with Crippen LogP contribution in [0.3, 0.4) is 0 Å². The van der Waals surface area contributed by atoms with Crippen LogP contribution in [0, 0.1) is 5.92 Å². The Morgan fingerprint density at radius 1 is 1.14 bits per heavy atom. The number of benzene rings is 2. The van der Waals surface area contributed by atoms with Crippen molar-refractivity contribution in [3.63, 3.8) is 0 Å². The highest BCUT2D eigenvalue weighted by atomic mass is 35.5. The van der Waals surface area contributed by atoms with E-state index in [0.29, 0.717) is 5.69 Å². The van der Waals surface area contributed by atoms with E-state index >= 15 is 0 Å². The van der Waals surface area contributed by atoms with Gasteiger partial charge in [0.1, 0.15) is 9.84 Å². The van der Waals surface area contributed by atoms with Crippen molar-refractivity contribution < 1.29 is 26.4 Å². The summed E-state index contributed by atoms with van der Waals surface area (Å²) in [5, 5.41) is 11.4. The molecule has 1 aliphatic heterocycles. The summed E-state index contributed by atoms with van der Waals surface area (Å²) in [7, 11) is -3.10. The molecule has 3 aromatic rings. The number of H-pyrrole nitrogens is 1. The van der Waals surface area contributed by atoms with Crippen molar-refractivity contribution in [1.29, 1.82) is 0 Å². The standard InChI is InChI=1S/C22H20ClF3N6O3S/c1-27-20-30-21(32-31-20)29-15-10-16(22(24,25)26)18(17(23)11-15)12-2-4-14(5-3-12)28-19(33)13-6-8-36(34,35)9-7-13/h2-5,10-11,13H,1,6-9H2,(H,28,33)(H2,29,30,31,32). The third kappa shape index (κ3) is 5.85. The topological polar surface area (TPSA) is 129 Å². The molecule has 36 heavy (non-hydrogen) atoms. The lowest BCUT2D eigenvalue weighted by Crippen LogP contribution is -2.31. The third-order valence-corrected chi connectivity index (χ3v) is 7.65. The van der Waals surface area contributed by atoms with Crippen LogP contribution in [-0.4, -0.2) is 47.7 Å². The zero-order valence-corrected chi connectivity index (χ0v) is 20.1. The van der Waals surface area contributed by atoms with Crippen molar-refractivity contribution in [1.82, 2.24) is 15.2 Å². The molecule has 0 unspecified atom stereocenters. The monoisotopic (exact) mass is 540 g/mol. The van der Waals surface area contributed by atoms with Gasteiger partial charge in [-0.3, -0.25) is 4.79 Å². The van der Waals surface area contributed by atoms with Crippen LogP contribution >= 0.6 is 11.6 Å². The molecule has 1 aromatic heterocycles. The van der Waals surface area contributed by atoms with E-state index in [-0.39, 0.29) is 64.0 Å². The summed E-state index contributed by atoms with van der Waals surface area (Å²) >= 11 is 6.29. The second-order valence-corrected chi connectivity index (χ2v) is 10.8. The van der Waals surface area contributed by atoms with Crippen molar-refractivity contribution in [3.05, 3.63) is 47.0 Å². The minimum atomic E-state index is -4.72. The molecule has 14 heteroatoms. The number of aromatic amines is 1. The van der Waals surface area contributed by atoms with Gasteiger partial charge in [-0.05, 0) is 49.4 Å². The number of amides is 1. The molecule has 0 aliphatic carbocycles. The number of hydrogen-bond acceptors (Lipinski definition) is 7. The number of carbonyl (C=O) groups is 1. The number of aromatic nitrogens is 3. The number of aliphatic imine (C=N–C) groups is 1. The van der Waals surface area contributed by atoms with Gasteiger partial charge < -0.3 is 10.6 Å². The van der Waals surface area contributed by atoms with Crippen LogP contribution in [0.5, 0.6) is 0 Å². The number of halogens is 4. The summed E-state index contributed by atoms with van der Waals surface area (Å²) in [6.45, 7) is 3.27. The van der Waals surface area contributed by atoms with Gasteiger partial charge in [-0.15, -0.1) is 5.10 Å². The number of nitrogens with one attached hydrogen (secondary N) is 3. The van der Waals surface area contributed by atoms with Crippen LogP contribution in [0.15, 0.2) is 41.4 Å². The van der Waals surface area contributed by atoms with E-state index in [1.54, 1.807) is 0 Å². The van der Waals surface area contributed by atoms with Gasteiger partial charge in [0, 0.05) is 22.9 Å². The number of rotatable bonds is 6. The smallest absolute Gasteiger partial charge is 0.326 e. The van der Waals surface area contributed by atoms with E-state index in [1.165, 1.54) is 30.3 Å². The Balaban J connectivity index is 1.56. The largest absolute Gasteiger partial charge is 0.417 e. The predicted octanol–water partition coefficient (Wildman–Crippen LogP) is 4.98. The minimum absolute atomic E-state index is 0.0250. The average molecular weight is 541 g/mol. The molecule has 9 nitrogen and oxygen atoms in total. The Labute approximate surface area is 209 Å². The van der Waals surface area contributed by atoms with E-state index < -0.39 is 27.5 Å². The second-order valence-electron chi connectivity index (χ2n) is 8.14. The molecule has 0 spiro atoms. The maximum Gasteiger partial charge on any atom is 0.417 e. The fourth-order valence-electron chi connectivity index (χ4n) is 3.83. The zero-order valence-electron chi connectivity index (χ0n) is 18.6. The predicted molar refractivity (Wildman–Crippen MR) is 131 cm³/mol. The molecule has 2 heterocycles. The second kappa shape index (κ2) is 9.90. The fourth-order valence-corrected chi connectivity index (χ4v) is 5.65. The summed E-state index contributed by atoms with van der Waals surface area (Å²) in [6.07, 6.45) is -4.26. The molecular formula is C22H20ClF3N6O3S. The lowest BCUT2D eigenvalue weighted by molar-refractivity contribution is -0.137. The van der Waals surface area contributed by atoms with Crippen molar-refractivity contribution in [2.75, 3.05) is 22.1 Å². The van der Waals surface area contributed by atoms with Crippen molar-refractivity contribution >= 4 is 57.3 Å². The third-order valence-electron chi connectivity index (χ3n) is 5.64. The molecule has 0 saturated carbocycles. The number of nitrogens with zero attached hydrogens (tertiary/aromatic N) is 3. The van der Waals surface area contributed by atoms with Gasteiger partial charge in [-0.1, -0.05) is 23.7 Å². The first kappa shape index (κ1) is 25.6. The molecule has 3 N–H and O–H groups in total. The Kier molecular flexibility index (Phi) is 7.05. The number of sulfone groups is 1. The molecular weight excluding hydrogens is 521 g/mol. The molecule has 2 aromatic carbocycles. The van der Waals surface area contributed by atoms with E-state index in [0.717, 1.165) is 6.07 Å². The first-order valence-corrected chi connectivity index (χ1v) is 12.8. The quantitative estimate of drug-likeness (QED) is 0.378. The molecule has 0 radical (unpaired) electrons. The molecule has 1 amide bonds.